The number of hydrogen-bond acceptors (Lipinski definition) is 4. The molecule has 34 heavy (non-hydrogen) atoms. The SMILES string of the molecule is Cc1c(-c2ccnn2-c2ccc(C#N)cc2)n(CC(=O)O)c(=O)n1-c1cccc(C(F)(F)F)c1. The Morgan fingerprint density at radius 3 is 2.44 bits per heavy atom. The second kappa shape index (κ2) is 8.40. The van der Waals surface area contributed by atoms with Crippen LogP contribution in [-0.2, 0) is 17.5 Å². The maximum Gasteiger partial charge on any atom is 0.416 e. The van der Waals surface area contributed by atoms with Gasteiger partial charge >= 0.3 is 17.8 Å². The van der Waals surface area contributed by atoms with Gasteiger partial charge in [0.05, 0.1) is 51.8 Å². The number of benzene rings is 2. The number of nitrogens with zero attached hydrogens (tertiary/aromatic N) is 5. The van der Waals surface area contributed by atoms with Crippen LogP contribution in [0.2, 0.25) is 0 Å². The highest BCUT2D eigenvalue weighted by molar-refractivity contribution is 5.70. The molecule has 0 amide bonds. The molecule has 0 saturated carbocycles. The quantitative estimate of drug-likeness (QED) is 0.481. The van der Waals surface area contributed by atoms with Crippen molar-refractivity contribution in [1.82, 2.24) is 18.9 Å². The van der Waals surface area contributed by atoms with Gasteiger partial charge in [0.25, 0.3) is 0 Å². The minimum Gasteiger partial charge on any atom is -0.480 e. The smallest absolute Gasteiger partial charge is 0.416 e. The van der Waals surface area contributed by atoms with Gasteiger partial charge in [-0.3, -0.25) is 13.9 Å². The lowest BCUT2D eigenvalue weighted by atomic mass is 10.2. The zero-order valence-electron chi connectivity index (χ0n) is 17.6. The van der Waals surface area contributed by atoms with E-state index in [4.69, 9.17) is 5.26 Å². The van der Waals surface area contributed by atoms with E-state index in [0.29, 0.717) is 16.9 Å². The van der Waals surface area contributed by atoms with Gasteiger partial charge in [0.15, 0.2) is 0 Å². The van der Waals surface area contributed by atoms with E-state index >= 15 is 0 Å². The number of halogens is 3. The minimum absolute atomic E-state index is 0.0489. The first-order chi connectivity index (χ1) is 16.1. The monoisotopic (exact) mass is 467 g/mol. The Hall–Kier alpha value is -4.59. The van der Waals surface area contributed by atoms with Gasteiger partial charge < -0.3 is 5.11 Å². The minimum atomic E-state index is -4.62. The third kappa shape index (κ3) is 3.97. The molecule has 0 aliphatic carbocycles. The fourth-order valence-corrected chi connectivity index (χ4v) is 3.76. The summed E-state index contributed by atoms with van der Waals surface area (Å²) in [6.45, 7) is 0.810. The van der Waals surface area contributed by atoms with Crippen LogP contribution in [0, 0.1) is 18.3 Å². The second-order valence-corrected chi connectivity index (χ2v) is 7.37. The fraction of sp³-hybridized carbons (Fsp3) is 0.130. The molecule has 2 aromatic carbocycles. The number of alkyl halides is 3. The summed E-state index contributed by atoms with van der Waals surface area (Å²) in [6, 6.07) is 14.2. The van der Waals surface area contributed by atoms with Gasteiger partial charge in [-0.15, -0.1) is 0 Å². The van der Waals surface area contributed by atoms with E-state index in [-0.39, 0.29) is 17.1 Å². The number of aromatic nitrogens is 4. The summed E-state index contributed by atoms with van der Waals surface area (Å²) < 4.78 is 43.3. The van der Waals surface area contributed by atoms with Crippen molar-refractivity contribution in [2.24, 2.45) is 0 Å². The van der Waals surface area contributed by atoms with Gasteiger partial charge in [-0.2, -0.15) is 23.5 Å². The number of rotatable bonds is 5. The van der Waals surface area contributed by atoms with Crippen LogP contribution in [0.3, 0.4) is 0 Å². The zero-order chi connectivity index (χ0) is 24.6. The van der Waals surface area contributed by atoms with Crippen molar-refractivity contribution in [2.45, 2.75) is 19.6 Å². The topological polar surface area (TPSA) is 106 Å². The van der Waals surface area contributed by atoms with Crippen molar-refractivity contribution >= 4 is 5.97 Å². The van der Waals surface area contributed by atoms with Crippen molar-refractivity contribution < 1.29 is 23.1 Å². The third-order valence-electron chi connectivity index (χ3n) is 5.22. The predicted molar refractivity (Wildman–Crippen MR) is 115 cm³/mol. The van der Waals surface area contributed by atoms with Crippen LogP contribution in [-0.4, -0.2) is 30.0 Å². The molecule has 1 N–H and O–H groups in total. The Labute approximate surface area is 190 Å². The number of nitriles is 1. The molecule has 0 aliphatic heterocycles. The van der Waals surface area contributed by atoms with E-state index in [2.05, 4.69) is 5.10 Å². The van der Waals surface area contributed by atoms with Crippen molar-refractivity contribution in [2.75, 3.05) is 0 Å². The van der Waals surface area contributed by atoms with Crippen molar-refractivity contribution in [1.29, 1.82) is 5.26 Å². The largest absolute Gasteiger partial charge is 0.480 e. The summed E-state index contributed by atoms with van der Waals surface area (Å²) in [5.41, 5.74) is -0.0500. The lowest BCUT2D eigenvalue weighted by Gasteiger charge is -2.11. The lowest BCUT2D eigenvalue weighted by molar-refractivity contribution is -0.138. The molecule has 0 radical (unpaired) electrons. The Kier molecular flexibility index (Phi) is 5.58. The number of carboxylic acids is 1. The lowest BCUT2D eigenvalue weighted by Crippen LogP contribution is -2.27. The Bertz CT molecular complexity index is 1490. The van der Waals surface area contributed by atoms with Crippen LogP contribution < -0.4 is 5.69 Å². The Morgan fingerprint density at radius 2 is 1.82 bits per heavy atom. The van der Waals surface area contributed by atoms with Crippen molar-refractivity contribution in [3.8, 4) is 28.8 Å². The van der Waals surface area contributed by atoms with Crippen LogP contribution in [0.15, 0.2) is 65.6 Å². The first kappa shape index (κ1) is 22.6. The molecule has 11 heteroatoms. The highest BCUT2D eigenvalue weighted by Gasteiger charge is 2.31. The molecule has 0 saturated heterocycles. The molecular formula is C23H16F3N5O3. The summed E-state index contributed by atoms with van der Waals surface area (Å²) in [6.07, 6.45) is -3.17. The first-order valence-electron chi connectivity index (χ1n) is 9.88. The molecule has 0 atom stereocenters. The van der Waals surface area contributed by atoms with E-state index in [1.165, 1.54) is 29.9 Å². The predicted octanol–water partition coefficient (Wildman–Crippen LogP) is 3.78. The average Bonchev–Trinajstić information content (AvgIpc) is 3.35. The zero-order valence-corrected chi connectivity index (χ0v) is 17.6. The van der Waals surface area contributed by atoms with Crippen LogP contribution in [0.25, 0.3) is 22.8 Å². The first-order valence-corrected chi connectivity index (χ1v) is 9.88. The van der Waals surface area contributed by atoms with Gasteiger partial charge in [0, 0.05) is 0 Å². The number of carbonyl (C=O) groups is 1. The molecule has 2 aromatic heterocycles. The molecule has 0 fully saturated rings. The summed E-state index contributed by atoms with van der Waals surface area (Å²) in [4.78, 5) is 24.8. The van der Waals surface area contributed by atoms with Gasteiger partial charge in [-0.25, -0.2) is 9.48 Å². The van der Waals surface area contributed by atoms with E-state index in [1.807, 2.05) is 6.07 Å². The summed E-state index contributed by atoms with van der Waals surface area (Å²) in [5, 5.41) is 22.7. The van der Waals surface area contributed by atoms with Gasteiger partial charge in [0.1, 0.15) is 6.54 Å². The molecule has 0 bridgehead atoms. The molecule has 172 valence electrons. The Morgan fingerprint density at radius 1 is 1.12 bits per heavy atom. The van der Waals surface area contributed by atoms with Gasteiger partial charge in [-0.05, 0) is 55.5 Å². The summed E-state index contributed by atoms with van der Waals surface area (Å²) >= 11 is 0. The molecule has 0 aliphatic rings. The van der Waals surface area contributed by atoms with E-state index in [0.717, 1.165) is 21.3 Å². The van der Waals surface area contributed by atoms with Crippen molar-refractivity contribution in [3.63, 3.8) is 0 Å². The van der Waals surface area contributed by atoms with Gasteiger partial charge in [0.2, 0.25) is 0 Å². The van der Waals surface area contributed by atoms with Crippen molar-refractivity contribution in [3.05, 3.63) is 88.1 Å². The molecule has 4 rings (SSSR count). The molecule has 2 heterocycles. The van der Waals surface area contributed by atoms with Crippen LogP contribution in [0.5, 0.6) is 0 Å². The molecule has 0 spiro atoms. The molecule has 4 aromatic rings. The van der Waals surface area contributed by atoms with Gasteiger partial charge in [-0.1, -0.05) is 6.07 Å². The van der Waals surface area contributed by atoms with Crippen LogP contribution >= 0.6 is 0 Å². The Balaban J connectivity index is 1.96. The summed E-state index contributed by atoms with van der Waals surface area (Å²) in [7, 11) is 0. The number of hydrogen-bond donors (Lipinski definition) is 1. The standard InChI is InChI=1S/C23H16F3N5O3/c1-14-21(19-9-10-28-31(19)17-7-5-15(12-27)6-8-17)29(13-20(32)33)22(34)30(14)18-4-2-3-16(11-18)23(24,25)26/h2-11H,13H2,1H3,(H,32,33). The highest BCUT2D eigenvalue weighted by Crippen LogP contribution is 2.32. The number of imidazole rings is 1. The second-order valence-electron chi connectivity index (χ2n) is 7.37. The molecule has 0 unspecified atom stereocenters. The molecular weight excluding hydrogens is 451 g/mol. The van der Waals surface area contributed by atoms with Crippen LogP contribution in [0.1, 0.15) is 16.8 Å². The summed E-state index contributed by atoms with van der Waals surface area (Å²) in [5.74, 6) is -1.30. The maximum atomic E-state index is 13.3. The average molecular weight is 467 g/mol. The van der Waals surface area contributed by atoms with Crippen LogP contribution in [0.4, 0.5) is 13.2 Å². The van der Waals surface area contributed by atoms with E-state index in [9.17, 15) is 27.9 Å². The third-order valence-corrected chi connectivity index (χ3v) is 5.22. The highest BCUT2D eigenvalue weighted by atomic mass is 19.4. The normalized spacial score (nSPS) is 11.4. The number of carboxylic acid groups (broad SMARTS) is 1. The fourth-order valence-electron chi connectivity index (χ4n) is 3.76. The van der Waals surface area contributed by atoms with E-state index in [1.54, 1.807) is 30.3 Å². The maximum absolute atomic E-state index is 13.3. The van der Waals surface area contributed by atoms with E-state index < -0.39 is 29.9 Å². The number of aliphatic carboxylic acids is 1. The molecule has 8 nitrogen and oxygen atoms in total.